The van der Waals surface area contributed by atoms with Gasteiger partial charge < -0.3 is 10.6 Å². The van der Waals surface area contributed by atoms with Gasteiger partial charge in [0.05, 0.1) is 0 Å². The van der Waals surface area contributed by atoms with Gasteiger partial charge in [0.2, 0.25) is 11.8 Å². The Kier molecular flexibility index (Phi) is 4.49. The molecular weight excluding hydrogens is 420 g/mol. The van der Waals surface area contributed by atoms with Gasteiger partial charge in [-0.15, -0.1) is 0 Å². The molecule has 0 radical (unpaired) electrons. The number of amides is 2. The maximum Gasteiger partial charge on any atom is 0.223 e. The van der Waals surface area contributed by atoms with Crippen LogP contribution in [-0.4, -0.2) is 22.9 Å². The lowest BCUT2D eigenvalue weighted by atomic mass is 9.52. The van der Waals surface area contributed by atoms with Gasteiger partial charge in [-0.25, -0.2) is 0 Å². The van der Waals surface area contributed by atoms with Crippen molar-refractivity contribution in [3.8, 4) is 0 Å². The fraction of sp³-hybridized carbons (Fsp3) is 0.933. The highest BCUT2D eigenvalue weighted by molar-refractivity contribution is 5.83. The molecule has 11 saturated carbocycles. The van der Waals surface area contributed by atoms with Crippen LogP contribution in [0.1, 0.15) is 103 Å². The molecule has 2 N–H and O–H groups in total. The second kappa shape index (κ2) is 7.25. The number of nitrogens with one attached hydrogen (secondary N) is 2. The van der Waals surface area contributed by atoms with Gasteiger partial charge >= 0.3 is 0 Å². The van der Waals surface area contributed by atoms with E-state index in [1.54, 1.807) is 0 Å². The van der Waals surface area contributed by atoms with E-state index < -0.39 is 0 Å². The zero-order valence-corrected chi connectivity index (χ0v) is 20.9. The average molecular weight is 465 g/mol. The Morgan fingerprint density at radius 2 is 0.765 bits per heavy atom. The van der Waals surface area contributed by atoms with Gasteiger partial charge in [0.1, 0.15) is 0 Å². The largest absolute Gasteiger partial charge is 0.350 e. The molecular formula is C30H44N2O2. The molecule has 11 rings (SSSR count). The van der Waals surface area contributed by atoms with Crippen LogP contribution in [0, 0.1) is 59.2 Å². The normalized spacial score (nSPS) is 56.0. The minimum Gasteiger partial charge on any atom is -0.350 e. The third kappa shape index (κ3) is 3.28. The molecule has 34 heavy (non-hydrogen) atoms. The molecule has 186 valence electrons. The van der Waals surface area contributed by atoms with Gasteiger partial charge in [-0.1, -0.05) is 0 Å². The summed E-state index contributed by atoms with van der Waals surface area (Å²) < 4.78 is 0. The fourth-order valence-electron chi connectivity index (χ4n) is 12.3. The van der Waals surface area contributed by atoms with Gasteiger partial charge in [0, 0.05) is 22.9 Å². The third-order valence-electron chi connectivity index (χ3n) is 12.7. The lowest BCUT2D eigenvalue weighted by Crippen LogP contribution is -2.63. The second-order valence-electron chi connectivity index (χ2n) is 15.2. The molecule has 0 aromatic carbocycles. The molecule has 11 fully saturated rings. The molecule has 11 aliphatic carbocycles. The third-order valence-corrected chi connectivity index (χ3v) is 12.7. The van der Waals surface area contributed by atoms with Gasteiger partial charge in [-0.05, 0) is 150 Å². The van der Waals surface area contributed by atoms with Crippen LogP contribution in [0.25, 0.3) is 0 Å². The summed E-state index contributed by atoms with van der Waals surface area (Å²) in [4.78, 5) is 27.3. The van der Waals surface area contributed by atoms with Gasteiger partial charge in [0.25, 0.3) is 0 Å². The number of carbonyl (C=O) groups excluding carboxylic acids is 2. The molecule has 4 unspecified atom stereocenters. The maximum atomic E-state index is 13.6. The molecule has 0 aromatic heterocycles. The van der Waals surface area contributed by atoms with Gasteiger partial charge in [0.15, 0.2) is 0 Å². The van der Waals surface area contributed by atoms with Crippen LogP contribution in [0.15, 0.2) is 0 Å². The minimum atomic E-state index is 0.123. The molecule has 0 aliphatic heterocycles. The SMILES string of the molecule is O=C(NC12CC3CC(CC(C3)C1)C2)C1CC2CCC1CC2C(=O)NC12CC3CC(CC(C3)C1)C2. The number of hydrogen-bond acceptors (Lipinski definition) is 2. The summed E-state index contributed by atoms with van der Waals surface area (Å²) in [6.45, 7) is 0. The van der Waals surface area contributed by atoms with E-state index in [1.165, 1.54) is 77.0 Å². The first-order valence-corrected chi connectivity index (χ1v) is 15.1. The van der Waals surface area contributed by atoms with Crippen LogP contribution in [0.4, 0.5) is 0 Å². The molecule has 4 atom stereocenters. The number of rotatable bonds is 4. The zero-order valence-electron chi connectivity index (χ0n) is 20.9. The Hall–Kier alpha value is -1.06. The van der Waals surface area contributed by atoms with Crippen molar-refractivity contribution >= 4 is 11.8 Å². The maximum absolute atomic E-state index is 13.6. The van der Waals surface area contributed by atoms with E-state index in [0.717, 1.165) is 61.2 Å². The average Bonchev–Trinajstić information content (AvgIpc) is 2.77. The van der Waals surface area contributed by atoms with Crippen molar-refractivity contribution in [3.63, 3.8) is 0 Å². The summed E-state index contributed by atoms with van der Waals surface area (Å²) in [6, 6.07) is 0. The van der Waals surface area contributed by atoms with Crippen LogP contribution >= 0.6 is 0 Å². The van der Waals surface area contributed by atoms with Crippen molar-refractivity contribution in [1.82, 2.24) is 10.6 Å². The van der Waals surface area contributed by atoms with Crippen LogP contribution in [0.2, 0.25) is 0 Å². The van der Waals surface area contributed by atoms with Crippen LogP contribution < -0.4 is 10.6 Å². The predicted molar refractivity (Wildman–Crippen MR) is 131 cm³/mol. The quantitative estimate of drug-likeness (QED) is 0.600. The van der Waals surface area contributed by atoms with Crippen molar-refractivity contribution in [1.29, 1.82) is 0 Å². The molecule has 0 spiro atoms. The molecule has 0 saturated heterocycles. The Balaban J connectivity index is 0.933. The Bertz CT molecular complexity index is 752. The van der Waals surface area contributed by atoms with E-state index in [9.17, 15) is 9.59 Å². The minimum absolute atomic E-state index is 0.123. The molecule has 11 aliphatic rings. The van der Waals surface area contributed by atoms with E-state index in [4.69, 9.17) is 0 Å². The summed E-state index contributed by atoms with van der Waals surface area (Å²) in [5.74, 6) is 7.09. The number of fused-ring (bicyclic) bond motifs is 3. The van der Waals surface area contributed by atoms with E-state index >= 15 is 0 Å². The van der Waals surface area contributed by atoms with Crippen molar-refractivity contribution in [2.75, 3.05) is 0 Å². The van der Waals surface area contributed by atoms with Crippen molar-refractivity contribution in [2.45, 2.75) is 114 Å². The summed E-state index contributed by atoms with van der Waals surface area (Å²) in [5, 5.41) is 7.37. The molecule has 4 nitrogen and oxygen atoms in total. The highest BCUT2D eigenvalue weighted by atomic mass is 16.2. The van der Waals surface area contributed by atoms with Crippen LogP contribution in [0.3, 0.4) is 0 Å². The van der Waals surface area contributed by atoms with E-state index in [0.29, 0.717) is 23.7 Å². The molecule has 0 aromatic rings. The molecule has 0 heterocycles. The first-order valence-electron chi connectivity index (χ1n) is 15.1. The second-order valence-corrected chi connectivity index (χ2v) is 15.2. The first kappa shape index (κ1) is 21.1. The van der Waals surface area contributed by atoms with Crippen molar-refractivity contribution in [3.05, 3.63) is 0 Å². The molecule has 2 amide bonds. The summed E-state index contributed by atoms with van der Waals surface area (Å²) >= 11 is 0. The monoisotopic (exact) mass is 464 g/mol. The Labute approximate surface area is 205 Å². The standard InChI is InChI=1S/C30H44N2O2/c33-27(31-29-11-17-3-18(12-29)5-19(4-17)13-29)25-10-24-2-1-23(25)9-26(24)28(34)32-30-14-20-6-21(15-30)8-22(7-20)16-30/h17-26H,1-16H2,(H,31,33)(H,32,34). The lowest BCUT2D eigenvalue weighted by Gasteiger charge is -2.58. The van der Waals surface area contributed by atoms with Crippen LogP contribution in [-0.2, 0) is 9.59 Å². The Morgan fingerprint density at radius 3 is 1.03 bits per heavy atom. The smallest absolute Gasteiger partial charge is 0.223 e. The summed E-state index contributed by atoms with van der Waals surface area (Å²) in [6.07, 6.45) is 20.2. The highest BCUT2D eigenvalue weighted by Gasteiger charge is 2.55. The number of carbonyl (C=O) groups is 2. The Morgan fingerprint density at radius 1 is 0.471 bits per heavy atom. The predicted octanol–water partition coefficient (Wildman–Crippen LogP) is 5.21. The van der Waals surface area contributed by atoms with Crippen molar-refractivity contribution in [2.24, 2.45) is 59.2 Å². The molecule has 10 bridgehead atoms. The van der Waals surface area contributed by atoms with Crippen molar-refractivity contribution < 1.29 is 9.59 Å². The lowest BCUT2D eigenvalue weighted by molar-refractivity contribution is -0.145. The van der Waals surface area contributed by atoms with E-state index in [1.807, 2.05) is 0 Å². The van der Waals surface area contributed by atoms with E-state index in [-0.39, 0.29) is 22.9 Å². The van der Waals surface area contributed by atoms with E-state index in [2.05, 4.69) is 10.6 Å². The highest BCUT2D eigenvalue weighted by Crippen LogP contribution is 2.58. The number of hydrogen-bond donors (Lipinski definition) is 2. The topological polar surface area (TPSA) is 58.2 Å². The summed E-state index contributed by atoms with van der Waals surface area (Å²) in [5.41, 5.74) is 0.246. The summed E-state index contributed by atoms with van der Waals surface area (Å²) in [7, 11) is 0. The van der Waals surface area contributed by atoms with Crippen LogP contribution in [0.5, 0.6) is 0 Å². The van der Waals surface area contributed by atoms with Gasteiger partial charge in [-0.2, -0.15) is 0 Å². The molecule has 4 heteroatoms. The fourth-order valence-corrected chi connectivity index (χ4v) is 12.3. The zero-order chi connectivity index (χ0) is 22.7. The van der Waals surface area contributed by atoms with Gasteiger partial charge in [-0.3, -0.25) is 9.59 Å². The first-order chi connectivity index (χ1) is 16.4.